The first-order chi connectivity index (χ1) is 14.3. The van der Waals surface area contributed by atoms with Crippen LogP contribution >= 0.6 is 0 Å². The van der Waals surface area contributed by atoms with Crippen molar-refractivity contribution in [3.8, 4) is 0 Å². The summed E-state index contributed by atoms with van der Waals surface area (Å²) in [6, 6.07) is 7.29. The van der Waals surface area contributed by atoms with Crippen molar-refractivity contribution in [2.45, 2.75) is 38.5 Å². The molecule has 1 unspecified atom stereocenters. The summed E-state index contributed by atoms with van der Waals surface area (Å²) in [5.74, 6) is 1.56. The first-order valence-electron chi connectivity index (χ1n) is 10.1. The number of aromatic nitrogens is 4. The number of benzene rings is 1. The summed E-state index contributed by atoms with van der Waals surface area (Å²) in [4.78, 5) is 29.2. The topological polar surface area (TPSA) is 93.4 Å². The maximum absolute atomic E-state index is 13.1. The first-order valence-corrected chi connectivity index (χ1v) is 10.1. The molecule has 0 amide bonds. The van der Waals surface area contributed by atoms with E-state index in [1.807, 2.05) is 18.2 Å². The second-order valence-electron chi connectivity index (χ2n) is 7.44. The molecule has 4 heterocycles. The third kappa shape index (κ3) is 3.08. The van der Waals surface area contributed by atoms with Gasteiger partial charge in [0.25, 0.3) is 5.56 Å². The highest BCUT2D eigenvalue weighted by atomic mass is 16.5. The molecule has 1 aromatic carbocycles. The van der Waals surface area contributed by atoms with Gasteiger partial charge < -0.3 is 14.7 Å². The van der Waals surface area contributed by atoms with Gasteiger partial charge in [0.2, 0.25) is 0 Å². The first kappa shape index (κ1) is 18.2. The summed E-state index contributed by atoms with van der Waals surface area (Å²) in [6.07, 6.45) is 4.25. The van der Waals surface area contributed by atoms with Gasteiger partial charge in [0.05, 0.1) is 49.0 Å². The molecule has 0 spiro atoms. The van der Waals surface area contributed by atoms with Crippen molar-refractivity contribution in [1.82, 2.24) is 19.5 Å². The summed E-state index contributed by atoms with van der Waals surface area (Å²) in [7, 11) is 0. The molecule has 1 saturated heterocycles. The van der Waals surface area contributed by atoms with Gasteiger partial charge in [0.1, 0.15) is 18.0 Å². The van der Waals surface area contributed by atoms with Crippen LogP contribution in [-0.4, -0.2) is 44.4 Å². The fourth-order valence-corrected chi connectivity index (χ4v) is 4.44. The van der Waals surface area contributed by atoms with E-state index in [1.165, 1.54) is 0 Å². The quantitative estimate of drug-likeness (QED) is 0.719. The monoisotopic (exact) mass is 393 g/mol. The predicted molar refractivity (Wildman–Crippen MR) is 108 cm³/mol. The summed E-state index contributed by atoms with van der Waals surface area (Å²) >= 11 is 0. The van der Waals surface area contributed by atoms with Crippen molar-refractivity contribution in [2.75, 3.05) is 24.7 Å². The van der Waals surface area contributed by atoms with Gasteiger partial charge >= 0.3 is 0 Å². The number of aliphatic hydroxyl groups excluding tert-OH is 1. The molecule has 2 aliphatic rings. The zero-order valence-electron chi connectivity index (χ0n) is 16.1. The molecule has 1 N–H and O–H groups in total. The van der Waals surface area contributed by atoms with Crippen LogP contribution in [0.25, 0.3) is 10.9 Å². The molecule has 3 aromatic rings. The number of anilines is 1. The summed E-state index contributed by atoms with van der Waals surface area (Å²) in [5, 5.41) is 10.2. The van der Waals surface area contributed by atoms with E-state index in [9.17, 15) is 9.90 Å². The molecule has 0 saturated carbocycles. The van der Waals surface area contributed by atoms with Gasteiger partial charge in [-0.1, -0.05) is 12.1 Å². The van der Waals surface area contributed by atoms with E-state index in [4.69, 9.17) is 9.72 Å². The highest BCUT2D eigenvalue weighted by Crippen LogP contribution is 2.37. The van der Waals surface area contributed by atoms with Crippen LogP contribution in [0.4, 0.5) is 5.82 Å². The lowest BCUT2D eigenvalue weighted by Gasteiger charge is -2.30. The maximum atomic E-state index is 13.1. The van der Waals surface area contributed by atoms with Crippen LogP contribution in [0, 0.1) is 0 Å². The van der Waals surface area contributed by atoms with Crippen LogP contribution in [0.15, 0.2) is 35.4 Å². The number of hydrogen-bond donors (Lipinski definition) is 1. The lowest BCUT2D eigenvalue weighted by molar-refractivity contribution is 0.109. The number of para-hydroxylation sites is 1. The third-order valence-electron chi connectivity index (χ3n) is 5.78. The number of hydrogen-bond acceptors (Lipinski definition) is 7. The summed E-state index contributed by atoms with van der Waals surface area (Å²) in [6.45, 7) is 2.12. The molecular weight excluding hydrogens is 370 g/mol. The number of ether oxygens (including phenoxy) is 1. The van der Waals surface area contributed by atoms with Gasteiger partial charge in [0.15, 0.2) is 0 Å². The highest BCUT2D eigenvalue weighted by Gasteiger charge is 2.33. The Bertz CT molecular complexity index is 1110. The molecule has 0 bridgehead atoms. The molecule has 2 aromatic heterocycles. The van der Waals surface area contributed by atoms with Crippen LogP contribution in [0.2, 0.25) is 0 Å². The summed E-state index contributed by atoms with van der Waals surface area (Å²) in [5.41, 5.74) is 2.63. The van der Waals surface area contributed by atoms with E-state index in [2.05, 4.69) is 14.9 Å². The van der Waals surface area contributed by atoms with Crippen LogP contribution in [-0.2, 0) is 24.3 Å². The standard InChI is InChI=1S/C21H23N5O3/c27-10-9-26-20(24-17-5-2-1-4-14(17)21(26)28)18-6-3-8-25(18)19-15-12-29-11-7-16(15)22-13-23-19/h1-2,4-5,13,18,27H,3,6-12H2. The molecule has 0 aliphatic carbocycles. The van der Waals surface area contributed by atoms with E-state index in [-0.39, 0.29) is 24.8 Å². The average Bonchev–Trinajstić information content (AvgIpc) is 3.25. The number of rotatable bonds is 4. The second-order valence-corrected chi connectivity index (χ2v) is 7.44. The molecule has 8 nitrogen and oxygen atoms in total. The fraction of sp³-hybridized carbons (Fsp3) is 0.429. The van der Waals surface area contributed by atoms with Crippen molar-refractivity contribution in [1.29, 1.82) is 0 Å². The number of fused-ring (bicyclic) bond motifs is 2. The number of aliphatic hydroxyl groups is 1. The Morgan fingerprint density at radius 1 is 1.24 bits per heavy atom. The van der Waals surface area contributed by atoms with Gasteiger partial charge in [-0.3, -0.25) is 9.36 Å². The lowest BCUT2D eigenvalue weighted by Crippen LogP contribution is -2.34. The van der Waals surface area contributed by atoms with Gasteiger partial charge in [-0.2, -0.15) is 0 Å². The van der Waals surface area contributed by atoms with Crippen molar-refractivity contribution < 1.29 is 9.84 Å². The van der Waals surface area contributed by atoms with E-state index in [1.54, 1.807) is 17.0 Å². The van der Waals surface area contributed by atoms with Crippen LogP contribution in [0.5, 0.6) is 0 Å². The molecule has 150 valence electrons. The van der Waals surface area contributed by atoms with Gasteiger partial charge in [-0.25, -0.2) is 15.0 Å². The average molecular weight is 393 g/mol. The highest BCUT2D eigenvalue weighted by molar-refractivity contribution is 5.77. The molecule has 8 heteroatoms. The lowest BCUT2D eigenvalue weighted by atomic mass is 10.1. The Hall–Kier alpha value is -2.84. The molecular formula is C21H23N5O3. The molecule has 1 atom stereocenters. The predicted octanol–water partition coefficient (Wildman–Crippen LogP) is 1.59. The normalized spacial score (nSPS) is 18.9. The van der Waals surface area contributed by atoms with E-state index < -0.39 is 0 Å². The SMILES string of the molecule is O=c1c2ccccc2nc(C2CCCN2c2ncnc3c2COCC3)n1CCO. The molecule has 1 fully saturated rings. The second kappa shape index (κ2) is 7.53. The Balaban J connectivity index is 1.65. The molecule has 2 aliphatic heterocycles. The minimum absolute atomic E-state index is 0.0835. The third-order valence-corrected chi connectivity index (χ3v) is 5.78. The summed E-state index contributed by atoms with van der Waals surface area (Å²) < 4.78 is 7.29. The van der Waals surface area contributed by atoms with Crippen LogP contribution in [0.3, 0.4) is 0 Å². The van der Waals surface area contributed by atoms with Crippen LogP contribution < -0.4 is 10.5 Å². The van der Waals surface area contributed by atoms with Crippen molar-refractivity contribution in [3.05, 3.63) is 58.0 Å². The van der Waals surface area contributed by atoms with E-state index in [0.29, 0.717) is 29.9 Å². The number of nitrogens with zero attached hydrogens (tertiary/aromatic N) is 5. The van der Waals surface area contributed by atoms with Gasteiger partial charge in [-0.05, 0) is 25.0 Å². The zero-order chi connectivity index (χ0) is 19.8. The maximum Gasteiger partial charge on any atom is 0.261 e. The molecule has 29 heavy (non-hydrogen) atoms. The van der Waals surface area contributed by atoms with Crippen molar-refractivity contribution >= 4 is 16.7 Å². The zero-order valence-corrected chi connectivity index (χ0v) is 16.1. The van der Waals surface area contributed by atoms with Gasteiger partial charge in [-0.15, -0.1) is 0 Å². The van der Waals surface area contributed by atoms with Crippen molar-refractivity contribution in [2.24, 2.45) is 0 Å². The smallest absolute Gasteiger partial charge is 0.261 e. The largest absolute Gasteiger partial charge is 0.395 e. The fourth-order valence-electron chi connectivity index (χ4n) is 4.44. The molecule has 5 rings (SSSR count). The Morgan fingerprint density at radius 3 is 3.03 bits per heavy atom. The Labute approximate surface area is 167 Å². The van der Waals surface area contributed by atoms with E-state index in [0.717, 1.165) is 42.9 Å². The minimum atomic E-state index is -0.115. The van der Waals surface area contributed by atoms with E-state index >= 15 is 0 Å². The molecule has 0 radical (unpaired) electrons. The Kier molecular flexibility index (Phi) is 4.73. The minimum Gasteiger partial charge on any atom is -0.395 e. The Morgan fingerprint density at radius 2 is 2.14 bits per heavy atom. The van der Waals surface area contributed by atoms with Gasteiger partial charge in [0, 0.05) is 18.5 Å². The van der Waals surface area contributed by atoms with Crippen LogP contribution in [0.1, 0.15) is 36.0 Å². The van der Waals surface area contributed by atoms with Crippen molar-refractivity contribution in [3.63, 3.8) is 0 Å².